The molecule has 1 fully saturated rings. The molecule has 128 valence electrons. The number of carbonyl (C=O) groups is 1. The van der Waals surface area contributed by atoms with Gasteiger partial charge in [0.15, 0.2) is 5.82 Å². The van der Waals surface area contributed by atoms with Crippen LogP contribution in [0, 0.1) is 0 Å². The fourth-order valence-corrected chi connectivity index (χ4v) is 4.31. The average Bonchev–Trinajstić information content (AvgIpc) is 3.24. The molecule has 24 heavy (non-hydrogen) atoms. The van der Waals surface area contributed by atoms with Crippen LogP contribution in [0.4, 0.5) is 0 Å². The third kappa shape index (κ3) is 3.10. The minimum atomic E-state index is 0.184. The van der Waals surface area contributed by atoms with Crippen molar-refractivity contribution in [1.29, 1.82) is 0 Å². The molecule has 0 atom stereocenters. The van der Waals surface area contributed by atoms with E-state index in [9.17, 15) is 4.79 Å². The molecular formula is C17H23N5OS. The molecule has 0 bridgehead atoms. The van der Waals surface area contributed by atoms with E-state index >= 15 is 0 Å². The Kier molecular flexibility index (Phi) is 4.37. The second kappa shape index (κ2) is 6.64. The molecule has 2 aliphatic rings. The highest BCUT2D eigenvalue weighted by Gasteiger charge is 2.29. The highest BCUT2D eigenvalue weighted by molar-refractivity contribution is 7.07. The van der Waals surface area contributed by atoms with Crippen LogP contribution in [0.2, 0.25) is 0 Å². The topological polar surface area (TPSA) is 54.3 Å². The van der Waals surface area contributed by atoms with Gasteiger partial charge in [0.05, 0.1) is 13.0 Å². The van der Waals surface area contributed by atoms with Crippen molar-refractivity contribution in [2.45, 2.75) is 38.3 Å². The van der Waals surface area contributed by atoms with E-state index in [4.69, 9.17) is 0 Å². The van der Waals surface area contributed by atoms with E-state index in [2.05, 4.69) is 26.7 Å². The standard InChI is InChI=1S/C17H23N5OS/c1-20-5-2-14(3-6-20)17-19-18-15-11-21(7-8-22(15)17)16(23)10-13-4-9-24-12-13/h4,9,12,14H,2-3,5-8,10-11H2,1H3. The van der Waals surface area contributed by atoms with Gasteiger partial charge in [-0.05, 0) is 55.4 Å². The lowest BCUT2D eigenvalue weighted by atomic mass is 9.96. The van der Waals surface area contributed by atoms with Crippen molar-refractivity contribution in [1.82, 2.24) is 24.6 Å². The Morgan fingerprint density at radius 1 is 1.25 bits per heavy atom. The van der Waals surface area contributed by atoms with E-state index in [1.165, 1.54) is 0 Å². The number of amides is 1. The lowest BCUT2D eigenvalue weighted by Gasteiger charge is -2.31. The van der Waals surface area contributed by atoms with Gasteiger partial charge in [-0.25, -0.2) is 0 Å². The summed E-state index contributed by atoms with van der Waals surface area (Å²) >= 11 is 1.64. The normalized spacial score (nSPS) is 19.5. The van der Waals surface area contributed by atoms with E-state index in [0.717, 1.165) is 56.2 Å². The molecular weight excluding hydrogens is 322 g/mol. The number of thiophene rings is 1. The van der Waals surface area contributed by atoms with Crippen LogP contribution >= 0.6 is 11.3 Å². The fraction of sp³-hybridized carbons (Fsp3) is 0.588. The predicted molar refractivity (Wildman–Crippen MR) is 92.9 cm³/mol. The molecule has 0 radical (unpaired) electrons. The number of likely N-dealkylation sites (tertiary alicyclic amines) is 1. The van der Waals surface area contributed by atoms with Crippen LogP contribution in [0.25, 0.3) is 0 Å². The Bertz CT molecular complexity index is 703. The van der Waals surface area contributed by atoms with Crippen LogP contribution in [0.1, 0.15) is 36.0 Å². The number of rotatable bonds is 3. The first-order valence-corrected chi connectivity index (χ1v) is 9.54. The third-order valence-corrected chi connectivity index (χ3v) is 5.89. The monoisotopic (exact) mass is 345 g/mol. The van der Waals surface area contributed by atoms with Gasteiger partial charge in [0.1, 0.15) is 5.82 Å². The SMILES string of the molecule is CN1CCC(c2nnc3n2CCN(C(=O)Cc2ccsc2)C3)CC1. The highest BCUT2D eigenvalue weighted by Crippen LogP contribution is 2.28. The predicted octanol–water partition coefficient (Wildman–Crippen LogP) is 1.73. The summed E-state index contributed by atoms with van der Waals surface area (Å²) in [7, 11) is 2.17. The number of piperidine rings is 1. The smallest absolute Gasteiger partial charge is 0.227 e. The third-order valence-electron chi connectivity index (χ3n) is 5.15. The molecule has 0 aromatic carbocycles. The van der Waals surface area contributed by atoms with Crippen LogP contribution in [0.5, 0.6) is 0 Å². The van der Waals surface area contributed by atoms with Crippen molar-refractivity contribution >= 4 is 17.2 Å². The molecule has 7 heteroatoms. The minimum Gasteiger partial charge on any atom is -0.333 e. The molecule has 2 aromatic rings. The second-order valence-corrected chi connectivity index (χ2v) is 7.61. The van der Waals surface area contributed by atoms with E-state index in [0.29, 0.717) is 18.9 Å². The first-order chi connectivity index (χ1) is 11.7. The van der Waals surface area contributed by atoms with E-state index < -0.39 is 0 Å². The Morgan fingerprint density at radius 3 is 2.83 bits per heavy atom. The summed E-state index contributed by atoms with van der Waals surface area (Å²) in [6.45, 7) is 4.41. The van der Waals surface area contributed by atoms with Crippen LogP contribution in [0.3, 0.4) is 0 Å². The van der Waals surface area contributed by atoms with Gasteiger partial charge >= 0.3 is 0 Å². The van der Waals surface area contributed by atoms with Gasteiger partial charge in [-0.3, -0.25) is 4.79 Å². The number of hydrogen-bond acceptors (Lipinski definition) is 5. The summed E-state index contributed by atoms with van der Waals surface area (Å²) in [5, 5.41) is 12.9. The summed E-state index contributed by atoms with van der Waals surface area (Å²) in [6, 6.07) is 2.02. The van der Waals surface area contributed by atoms with Crippen LogP contribution in [-0.4, -0.2) is 57.2 Å². The fourth-order valence-electron chi connectivity index (χ4n) is 3.64. The molecule has 6 nitrogen and oxygen atoms in total. The zero-order valence-electron chi connectivity index (χ0n) is 14.0. The van der Waals surface area contributed by atoms with Gasteiger partial charge in [0, 0.05) is 19.0 Å². The van der Waals surface area contributed by atoms with E-state index in [1.807, 2.05) is 21.7 Å². The molecule has 4 heterocycles. The largest absolute Gasteiger partial charge is 0.333 e. The van der Waals surface area contributed by atoms with Gasteiger partial charge < -0.3 is 14.4 Å². The average molecular weight is 345 g/mol. The Morgan fingerprint density at radius 2 is 2.08 bits per heavy atom. The van der Waals surface area contributed by atoms with Gasteiger partial charge in [0.2, 0.25) is 5.91 Å². The zero-order chi connectivity index (χ0) is 16.5. The van der Waals surface area contributed by atoms with Crippen molar-refractivity contribution in [3.63, 3.8) is 0 Å². The zero-order valence-corrected chi connectivity index (χ0v) is 14.8. The second-order valence-electron chi connectivity index (χ2n) is 6.83. The Balaban J connectivity index is 1.44. The van der Waals surface area contributed by atoms with Crippen molar-refractivity contribution in [2.75, 3.05) is 26.7 Å². The maximum absolute atomic E-state index is 12.5. The molecule has 2 aromatic heterocycles. The number of carbonyl (C=O) groups excluding carboxylic acids is 1. The van der Waals surface area contributed by atoms with Gasteiger partial charge in [0.25, 0.3) is 0 Å². The number of hydrogen-bond donors (Lipinski definition) is 0. The highest BCUT2D eigenvalue weighted by atomic mass is 32.1. The minimum absolute atomic E-state index is 0.184. The van der Waals surface area contributed by atoms with Crippen molar-refractivity contribution in [2.24, 2.45) is 0 Å². The Labute approximate surface area is 146 Å². The van der Waals surface area contributed by atoms with E-state index in [1.54, 1.807) is 11.3 Å². The summed E-state index contributed by atoms with van der Waals surface area (Å²) < 4.78 is 2.25. The van der Waals surface area contributed by atoms with Crippen molar-refractivity contribution < 1.29 is 4.79 Å². The summed E-state index contributed by atoms with van der Waals surface area (Å²) in [5.41, 5.74) is 1.10. The number of fused-ring (bicyclic) bond motifs is 1. The van der Waals surface area contributed by atoms with Crippen LogP contribution < -0.4 is 0 Å². The summed E-state index contributed by atoms with van der Waals surface area (Å²) in [6.07, 6.45) is 2.78. The lowest BCUT2D eigenvalue weighted by Crippen LogP contribution is -2.40. The molecule has 0 aliphatic carbocycles. The summed E-state index contributed by atoms with van der Waals surface area (Å²) in [5.74, 6) is 2.76. The Hall–Kier alpha value is -1.73. The quantitative estimate of drug-likeness (QED) is 0.850. The first kappa shape index (κ1) is 15.8. The van der Waals surface area contributed by atoms with Gasteiger partial charge in [-0.1, -0.05) is 0 Å². The molecule has 0 saturated carbocycles. The van der Waals surface area contributed by atoms with Gasteiger partial charge in [-0.15, -0.1) is 10.2 Å². The van der Waals surface area contributed by atoms with Crippen LogP contribution in [0.15, 0.2) is 16.8 Å². The molecule has 0 spiro atoms. The summed E-state index contributed by atoms with van der Waals surface area (Å²) in [4.78, 5) is 16.8. The number of nitrogens with zero attached hydrogens (tertiary/aromatic N) is 5. The molecule has 0 unspecified atom stereocenters. The lowest BCUT2D eigenvalue weighted by molar-refractivity contribution is -0.132. The number of aromatic nitrogens is 3. The maximum atomic E-state index is 12.5. The molecule has 1 saturated heterocycles. The van der Waals surface area contributed by atoms with E-state index in [-0.39, 0.29) is 5.91 Å². The van der Waals surface area contributed by atoms with Gasteiger partial charge in [-0.2, -0.15) is 11.3 Å². The van der Waals surface area contributed by atoms with Crippen molar-refractivity contribution in [3.05, 3.63) is 34.0 Å². The maximum Gasteiger partial charge on any atom is 0.227 e. The first-order valence-electron chi connectivity index (χ1n) is 8.60. The van der Waals surface area contributed by atoms with Crippen molar-refractivity contribution in [3.8, 4) is 0 Å². The molecule has 2 aliphatic heterocycles. The molecule has 0 N–H and O–H groups in total. The molecule has 4 rings (SSSR count). The molecule has 1 amide bonds. The van der Waals surface area contributed by atoms with Crippen LogP contribution in [-0.2, 0) is 24.3 Å².